The van der Waals surface area contributed by atoms with Crippen LogP contribution in [0.25, 0.3) is 0 Å². The number of aromatic amines is 1. The van der Waals surface area contributed by atoms with Crippen LogP contribution in [0.2, 0.25) is 0 Å². The zero-order valence-corrected chi connectivity index (χ0v) is 11.0. The number of H-pyrrole nitrogens is 1. The normalized spacial score (nSPS) is 11.9. The van der Waals surface area contributed by atoms with E-state index in [1.54, 1.807) is 0 Å². The van der Waals surface area contributed by atoms with Gasteiger partial charge in [-0.15, -0.1) is 0 Å². The van der Waals surface area contributed by atoms with Crippen molar-refractivity contribution < 1.29 is 19.1 Å². The van der Waals surface area contributed by atoms with E-state index in [0.29, 0.717) is 11.3 Å². The van der Waals surface area contributed by atoms with Crippen molar-refractivity contribution in [3.63, 3.8) is 0 Å². The number of aromatic nitrogens is 2. The number of imidazole rings is 1. The third-order valence-corrected chi connectivity index (χ3v) is 2.89. The highest BCUT2D eigenvalue weighted by molar-refractivity contribution is 5.85. The molecule has 0 radical (unpaired) electrons. The summed E-state index contributed by atoms with van der Waals surface area (Å²) in [5.74, 6) is -1.95. The number of nitrogens with zero attached hydrogens (tertiary/aromatic N) is 1. The first-order valence-corrected chi connectivity index (χ1v) is 6.28. The number of hydrogen-bond donors (Lipinski definition) is 3. The quantitative estimate of drug-likeness (QED) is 0.737. The van der Waals surface area contributed by atoms with Gasteiger partial charge in [-0.25, -0.2) is 14.2 Å². The summed E-state index contributed by atoms with van der Waals surface area (Å²) >= 11 is 0. The molecule has 1 aromatic carbocycles. The number of nitrogens with one attached hydrogen (secondary N) is 2. The number of benzene rings is 1. The molecule has 0 saturated heterocycles. The van der Waals surface area contributed by atoms with Crippen LogP contribution in [0.4, 0.5) is 4.39 Å². The minimum Gasteiger partial charge on any atom is -0.480 e. The predicted molar refractivity (Wildman–Crippen MR) is 72.0 cm³/mol. The van der Waals surface area contributed by atoms with Gasteiger partial charge >= 0.3 is 5.97 Å². The molecule has 0 spiro atoms. The highest BCUT2D eigenvalue weighted by Crippen LogP contribution is 2.04. The van der Waals surface area contributed by atoms with E-state index in [1.807, 2.05) is 0 Å². The fraction of sp³-hybridized carbons (Fsp3) is 0.214. The Bertz CT molecular complexity index is 611. The molecule has 110 valence electrons. The Morgan fingerprint density at radius 1 is 1.33 bits per heavy atom. The number of rotatable bonds is 6. The molecule has 0 aliphatic heterocycles. The number of carboxylic acids is 1. The molecule has 1 heterocycles. The molecule has 21 heavy (non-hydrogen) atoms. The van der Waals surface area contributed by atoms with E-state index >= 15 is 0 Å². The van der Waals surface area contributed by atoms with E-state index in [4.69, 9.17) is 5.11 Å². The summed E-state index contributed by atoms with van der Waals surface area (Å²) in [5.41, 5.74) is 1.23. The van der Waals surface area contributed by atoms with Crippen molar-refractivity contribution in [3.8, 4) is 0 Å². The van der Waals surface area contributed by atoms with Gasteiger partial charge in [-0.05, 0) is 17.7 Å². The third-order valence-electron chi connectivity index (χ3n) is 2.89. The van der Waals surface area contributed by atoms with Gasteiger partial charge in [0.1, 0.15) is 11.9 Å². The molecular weight excluding hydrogens is 277 g/mol. The number of carbonyl (C=O) groups is 2. The van der Waals surface area contributed by atoms with Crippen LogP contribution in [0.3, 0.4) is 0 Å². The minimum absolute atomic E-state index is 0.00691. The van der Waals surface area contributed by atoms with Crippen molar-refractivity contribution in [1.29, 1.82) is 0 Å². The van der Waals surface area contributed by atoms with Gasteiger partial charge in [0.15, 0.2) is 0 Å². The average molecular weight is 291 g/mol. The molecule has 0 unspecified atom stereocenters. The van der Waals surface area contributed by atoms with Crippen LogP contribution in [-0.4, -0.2) is 33.0 Å². The highest BCUT2D eigenvalue weighted by Gasteiger charge is 2.21. The van der Waals surface area contributed by atoms with E-state index in [2.05, 4.69) is 15.3 Å². The maximum Gasteiger partial charge on any atom is 0.326 e. The maximum atomic E-state index is 12.8. The topological polar surface area (TPSA) is 95.1 Å². The summed E-state index contributed by atoms with van der Waals surface area (Å²) in [6, 6.07) is 4.43. The summed E-state index contributed by atoms with van der Waals surface area (Å²) in [6.45, 7) is 0. The van der Waals surface area contributed by atoms with Crippen molar-refractivity contribution >= 4 is 11.9 Å². The summed E-state index contributed by atoms with van der Waals surface area (Å²) < 4.78 is 12.8. The van der Waals surface area contributed by atoms with Crippen LogP contribution in [-0.2, 0) is 22.4 Å². The van der Waals surface area contributed by atoms with Gasteiger partial charge in [0.05, 0.1) is 12.7 Å². The van der Waals surface area contributed by atoms with E-state index < -0.39 is 17.9 Å². The van der Waals surface area contributed by atoms with E-state index in [0.717, 1.165) is 0 Å². The van der Waals surface area contributed by atoms with E-state index in [9.17, 15) is 14.0 Å². The average Bonchev–Trinajstić information content (AvgIpc) is 2.93. The van der Waals surface area contributed by atoms with Gasteiger partial charge in [0.2, 0.25) is 5.91 Å². The van der Waals surface area contributed by atoms with Crippen LogP contribution in [0.5, 0.6) is 0 Å². The monoisotopic (exact) mass is 291 g/mol. The molecule has 3 N–H and O–H groups in total. The van der Waals surface area contributed by atoms with Crippen molar-refractivity contribution in [2.24, 2.45) is 0 Å². The molecule has 1 aromatic heterocycles. The summed E-state index contributed by atoms with van der Waals surface area (Å²) in [7, 11) is 0. The van der Waals surface area contributed by atoms with Gasteiger partial charge < -0.3 is 15.4 Å². The van der Waals surface area contributed by atoms with E-state index in [1.165, 1.54) is 36.8 Å². The fourth-order valence-electron chi connectivity index (χ4n) is 1.85. The van der Waals surface area contributed by atoms with Gasteiger partial charge in [-0.2, -0.15) is 0 Å². The van der Waals surface area contributed by atoms with Crippen LogP contribution in [0, 0.1) is 5.82 Å². The Hall–Kier alpha value is -2.70. The Morgan fingerprint density at radius 2 is 2.05 bits per heavy atom. The zero-order valence-electron chi connectivity index (χ0n) is 11.0. The molecule has 1 amide bonds. The Labute approximate surface area is 120 Å². The van der Waals surface area contributed by atoms with Crippen LogP contribution in [0.1, 0.15) is 11.3 Å². The second-order valence-electron chi connectivity index (χ2n) is 4.54. The Balaban J connectivity index is 1.95. The summed E-state index contributed by atoms with van der Waals surface area (Å²) in [6.07, 6.45) is 3.05. The molecule has 0 bridgehead atoms. The lowest BCUT2D eigenvalue weighted by Crippen LogP contribution is -2.43. The molecular formula is C14H14FN3O3. The number of carboxylic acid groups (broad SMARTS) is 1. The number of aliphatic carboxylic acids is 1. The largest absolute Gasteiger partial charge is 0.480 e. The zero-order chi connectivity index (χ0) is 15.2. The SMILES string of the molecule is O=C(Cc1ccc(F)cc1)N[C@H](Cc1cnc[nH]1)C(=O)O. The number of hydrogen-bond acceptors (Lipinski definition) is 3. The van der Waals surface area contributed by atoms with Crippen molar-refractivity contribution in [3.05, 3.63) is 53.9 Å². The number of halogens is 1. The molecule has 0 fully saturated rings. The van der Waals surface area contributed by atoms with Crippen molar-refractivity contribution in [1.82, 2.24) is 15.3 Å². The van der Waals surface area contributed by atoms with Crippen molar-refractivity contribution in [2.45, 2.75) is 18.9 Å². The number of amides is 1. The van der Waals surface area contributed by atoms with Gasteiger partial charge in [0.25, 0.3) is 0 Å². The molecule has 0 saturated carbocycles. The molecule has 2 rings (SSSR count). The summed E-state index contributed by atoms with van der Waals surface area (Å²) in [5, 5.41) is 11.6. The summed E-state index contributed by atoms with van der Waals surface area (Å²) in [4.78, 5) is 29.6. The lowest BCUT2D eigenvalue weighted by molar-refractivity contribution is -0.141. The van der Waals surface area contributed by atoms with Crippen LogP contribution < -0.4 is 5.32 Å². The standard InChI is InChI=1S/C14H14FN3O3/c15-10-3-1-9(2-4-10)5-13(19)18-12(14(20)21)6-11-7-16-8-17-11/h1-4,7-8,12H,5-6H2,(H,16,17)(H,18,19)(H,20,21)/t12-/m1/s1. The molecule has 6 nitrogen and oxygen atoms in total. The number of carbonyl (C=O) groups excluding carboxylic acids is 1. The molecule has 1 atom stereocenters. The Kier molecular flexibility index (Phi) is 4.65. The second-order valence-corrected chi connectivity index (χ2v) is 4.54. The second kappa shape index (κ2) is 6.65. The third kappa shape index (κ3) is 4.41. The van der Waals surface area contributed by atoms with Crippen molar-refractivity contribution in [2.75, 3.05) is 0 Å². The van der Waals surface area contributed by atoms with Gasteiger partial charge in [0, 0.05) is 18.3 Å². The molecule has 7 heteroatoms. The smallest absolute Gasteiger partial charge is 0.326 e. The molecule has 2 aromatic rings. The first-order chi connectivity index (χ1) is 10.0. The van der Waals surface area contributed by atoms with Crippen LogP contribution >= 0.6 is 0 Å². The molecule has 0 aliphatic rings. The Morgan fingerprint density at radius 3 is 2.62 bits per heavy atom. The first kappa shape index (κ1) is 14.7. The van der Waals surface area contributed by atoms with Gasteiger partial charge in [-0.1, -0.05) is 12.1 Å². The highest BCUT2D eigenvalue weighted by atomic mass is 19.1. The van der Waals surface area contributed by atoms with E-state index in [-0.39, 0.29) is 18.7 Å². The van der Waals surface area contributed by atoms with Crippen LogP contribution in [0.15, 0.2) is 36.8 Å². The molecule has 0 aliphatic carbocycles. The first-order valence-electron chi connectivity index (χ1n) is 6.28. The fourth-order valence-corrected chi connectivity index (χ4v) is 1.85. The lowest BCUT2D eigenvalue weighted by Gasteiger charge is -2.13. The predicted octanol–water partition coefficient (Wildman–Crippen LogP) is 0.903. The lowest BCUT2D eigenvalue weighted by atomic mass is 10.1. The minimum atomic E-state index is -1.13. The van der Waals surface area contributed by atoms with Gasteiger partial charge in [-0.3, -0.25) is 4.79 Å². The maximum absolute atomic E-state index is 12.8.